The molecule has 0 aliphatic carbocycles. The molecule has 0 aromatic carbocycles. The van der Waals surface area contributed by atoms with Crippen LogP contribution in [0.25, 0.3) is 0 Å². The summed E-state index contributed by atoms with van der Waals surface area (Å²) in [6.07, 6.45) is 0. The quantitative estimate of drug-likeness (QED) is 0.524. The number of aliphatic carboxylic acids is 1. The summed E-state index contributed by atoms with van der Waals surface area (Å²) in [5.41, 5.74) is 0. The van der Waals surface area contributed by atoms with Gasteiger partial charge in [-0.25, -0.2) is 9.59 Å². The number of hydrogen-bond donors (Lipinski definition) is 4. The van der Waals surface area contributed by atoms with Gasteiger partial charge in [-0.1, -0.05) is 0 Å². The zero-order chi connectivity index (χ0) is 15.1. The van der Waals surface area contributed by atoms with Crippen LogP contribution in [-0.4, -0.2) is 59.0 Å². The van der Waals surface area contributed by atoms with E-state index in [2.05, 4.69) is 15.3 Å². The van der Waals surface area contributed by atoms with E-state index in [0.717, 1.165) is 0 Å². The van der Waals surface area contributed by atoms with Crippen molar-refractivity contribution >= 4 is 17.9 Å². The van der Waals surface area contributed by atoms with Crippen molar-refractivity contribution in [2.45, 2.75) is 6.04 Å². The van der Waals surface area contributed by atoms with Crippen LogP contribution in [0.4, 0.5) is 10.7 Å². The van der Waals surface area contributed by atoms with Crippen LogP contribution in [0.15, 0.2) is 6.07 Å². The predicted molar refractivity (Wildman–Crippen MR) is 65.8 cm³/mol. The number of aromatic nitrogens is 2. The van der Waals surface area contributed by atoms with Gasteiger partial charge in [0.05, 0.1) is 26.9 Å². The predicted octanol–water partition coefficient (Wildman–Crippen LogP) is -0.939. The minimum Gasteiger partial charge on any atom is -0.481 e. The van der Waals surface area contributed by atoms with Gasteiger partial charge in [0.15, 0.2) is 6.04 Å². The van der Waals surface area contributed by atoms with Crippen LogP contribution in [0.1, 0.15) is 0 Å². The van der Waals surface area contributed by atoms with Crippen LogP contribution in [0.5, 0.6) is 11.8 Å². The molecule has 1 aromatic rings. The summed E-state index contributed by atoms with van der Waals surface area (Å²) < 4.78 is 9.76. The van der Waals surface area contributed by atoms with Crippen LogP contribution in [0.2, 0.25) is 0 Å². The number of aliphatic hydroxyl groups excluding tert-OH is 1. The van der Waals surface area contributed by atoms with E-state index in [9.17, 15) is 9.59 Å². The Bertz CT molecular complexity index is 472. The first kappa shape index (κ1) is 15.4. The minimum absolute atomic E-state index is 0.138. The Labute approximate surface area is 113 Å². The standard InChI is InChI=1S/C10H14N4O6/c1-19-6-3-7(20-2)13-9(12-6)14-10(18)11-5(4-15)8(16)17/h3,5,15H,4H2,1-2H3,(H,16,17)(H2,11,12,13,14,18)/t5-/m1/s1. The van der Waals surface area contributed by atoms with E-state index in [0.29, 0.717) is 0 Å². The van der Waals surface area contributed by atoms with Crippen molar-refractivity contribution in [2.24, 2.45) is 0 Å². The van der Waals surface area contributed by atoms with Crippen LogP contribution < -0.4 is 20.1 Å². The molecule has 4 N–H and O–H groups in total. The number of methoxy groups -OCH3 is 2. The highest BCUT2D eigenvalue weighted by Crippen LogP contribution is 2.17. The average molecular weight is 286 g/mol. The number of carboxylic acid groups (broad SMARTS) is 1. The molecule has 0 aliphatic heterocycles. The van der Waals surface area contributed by atoms with Gasteiger partial charge in [-0.2, -0.15) is 9.97 Å². The number of nitrogens with zero attached hydrogens (tertiary/aromatic N) is 2. The van der Waals surface area contributed by atoms with E-state index in [1.54, 1.807) is 0 Å². The molecule has 10 heteroatoms. The molecular weight excluding hydrogens is 272 g/mol. The van der Waals surface area contributed by atoms with E-state index >= 15 is 0 Å². The second kappa shape index (κ2) is 7.09. The fourth-order valence-electron chi connectivity index (χ4n) is 1.15. The highest BCUT2D eigenvalue weighted by molar-refractivity contribution is 5.90. The molecular formula is C10H14N4O6. The lowest BCUT2D eigenvalue weighted by molar-refractivity contribution is -0.140. The Morgan fingerprint density at radius 2 is 1.85 bits per heavy atom. The first-order valence-electron chi connectivity index (χ1n) is 5.38. The topological polar surface area (TPSA) is 143 Å². The molecule has 0 fully saturated rings. The number of amides is 2. The highest BCUT2D eigenvalue weighted by atomic mass is 16.5. The first-order chi connectivity index (χ1) is 9.49. The molecule has 0 saturated carbocycles. The Morgan fingerprint density at radius 3 is 2.25 bits per heavy atom. The van der Waals surface area contributed by atoms with E-state index in [1.165, 1.54) is 20.3 Å². The lowest BCUT2D eigenvalue weighted by atomic mass is 10.3. The van der Waals surface area contributed by atoms with Crippen LogP contribution in [0, 0.1) is 0 Å². The Morgan fingerprint density at radius 1 is 1.30 bits per heavy atom. The number of carbonyl (C=O) groups excluding carboxylic acids is 1. The van der Waals surface area contributed by atoms with Gasteiger partial charge in [0.25, 0.3) is 0 Å². The summed E-state index contributed by atoms with van der Waals surface area (Å²) in [5, 5.41) is 21.7. The van der Waals surface area contributed by atoms with Crippen molar-refractivity contribution in [3.63, 3.8) is 0 Å². The first-order valence-corrected chi connectivity index (χ1v) is 5.38. The summed E-state index contributed by atoms with van der Waals surface area (Å²) in [5.74, 6) is -1.19. The monoisotopic (exact) mass is 286 g/mol. The number of rotatable bonds is 6. The molecule has 1 heterocycles. The van der Waals surface area contributed by atoms with Gasteiger partial charge in [0.2, 0.25) is 17.7 Å². The molecule has 0 saturated heterocycles. The number of anilines is 1. The second-order valence-electron chi connectivity index (χ2n) is 3.45. The van der Waals surface area contributed by atoms with Crippen molar-refractivity contribution in [3.8, 4) is 11.8 Å². The molecule has 1 aromatic heterocycles. The van der Waals surface area contributed by atoms with Gasteiger partial charge in [-0.3, -0.25) is 5.32 Å². The molecule has 2 amide bonds. The fraction of sp³-hybridized carbons (Fsp3) is 0.400. The third-order valence-corrected chi connectivity index (χ3v) is 2.11. The number of urea groups is 1. The van der Waals surface area contributed by atoms with E-state index < -0.39 is 24.6 Å². The summed E-state index contributed by atoms with van der Waals surface area (Å²) >= 11 is 0. The summed E-state index contributed by atoms with van der Waals surface area (Å²) in [4.78, 5) is 29.8. The average Bonchev–Trinajstić information content (AvgIpc) is 2.43. The van der Waals surface area contributed by atoms with Gasteiger partial charge in [0.1, 0.15) is 0 Å². The van der Waals surface area contributed by atoms with Gasteiger partial charge < -0.3 is 25.0 Å². The molecule has 0 spiro atoms. The van der Waals surface area contributed by atoms with Crippen molar-refractivity contribution in [1.29, 1.82) is 0 Å². The summed E-state index contributed by atoms with van der Waals surface area (Å²) in [6, 6.07) is -0.916. The SMILES string of the molecule is COc1cc(OC)nc(NC(=O)N[C@H](CO)C(=O)O)n1. The Hall–Kier alpha value is -2.62. The summed E-state index contributed by atoms with van der Waals surface area (Å²) in [7, 11) is 2.75. The number of carboxylic acids is 1. The smallest absolute Gasteiger partial charge is 0.328 e. The number of hydrogen-bond acceptors (Lipinski definition) is 7. The van der Waals surface area contributed by atoms with Crippen LogP contribution >= 0.6 is 0 Å². The van der Waals surface area contributed by atoms with Crippen LogP contribution in [-0.2, 0) is 4.79 Å². The van der Waals surface area contributed by atoms with Gasteiger partial charge in [0, 0.05) is 0 Å². The molecule has 0 unspecified atom stereocenters. The molecule has 1 rings (SSSR count). The Balaban J connectivity index is 2.77. The van der Waals surface area contributed by atoms with Crippen molar-refractivity contribution in [3.05, 3.63) is 6.07 Å². The summed E-state index contributed by atoms with van der Waals surface area (Å²) in [6.45, 7) is -0.745. The molecule has 1 atom stereocenters. The molecule has 10 nitrogen and oxygen atoms in total. The molecule has 110 valence electrons. The lowest BCUT2D eigenvalue weighted by Crippen LogP contribution is -2.45. The Kier molecular flexibility index (Phi) is 5.47. The van der Waals surface area contributed by atoms with E-state index in [-0.39, 0.29) is 17.7 Å². The number of carbonyl (C=O) groups is 2. The minimum atomic E-state index is -1.43. The maximum atomic E-state index is 11.5. The second-order valence-corrected chi connectivity index (χ2v) is 3.45. The molecule has 0 aliphatic rings. The lowest BCUT2D eigenvalue weighted by Gasteiger charge is -2.12. The largest absolute Gasteiger partial charge is 0.481 e. The fourth-order valence-corrected chi connectivity index (χ4v) is 1.15. The number of aliphatic hydroxyl groups is 1. The highest BCUT2D eigenvalue weighted by Gasteiger charge is 2.19. The number of nitrogens with one attached hydrogen (secondary N) is 2. The van der Waals surface area contributed by atoms with Gasteiger partial charge >= 0.3 is 12.0 Å². The molecule has 20 heavy (non-hydrogen) atoms. The van der Waals surface area contributed by atoms with E-state index in [1.807, 2.05) is 5.32 Å². The maximum Gasteiger partial charge on any atom is 0.328 e. The maximum absolute atomic E-state index is 11.5. The molecule has 0 bridgehead atoms. The third-order valence-electron chi connectivity index (χ3n) is 2.11. The molecule has 0 radical (unpaired) electrons. The van der Waals surface area contributed by atoms with Gasteiger partial charge in [-0.05, 0) is 0 Å². The van der Waals surface area contributed by atoms with Crippen molar-refractivity contribution in [1.82, 2.24) is 15.3 Å². The normalized spacial score (nSPS) is 11.3. The van der Waals surface area contributed by atoms with Crippen molar-refractivity contribution < 1.29 is 29.3 Å². The van der Waals surface area contributed by atoms with Crippen molar-refractivity contribution in [2.75, 3.05) is 26.1 Å². The third kappa shape index (κ3) is 4.24. The van der Waals surface area contributed by atoms with Crippen LogP contribution in [0.3, 0.4) is 0 Å². The zero-order valence-electron chi connectivity index (χ0n) is 10.8. The number of ether oxygens (including phenoxy) is 2. The van der Waals surface area contributed by atoms with Gasteiger partial charge in [-0.15, -0.1) is 0 Å². The van der Waals surface area contributed by atoms with E-state index in [4.69, 9.17) is 19.7 Å². The zero-order valence-corrected chi connectivity index (χ0v) is 10.8.